The maximum absolute atomic E-state index is 12.1. The van der Waals surface area contributed by atoms with Crippen molar-refractivity contribution < 1.29 is 16.8 Å². The lowest BCUT2D eigenvalue weighted by Gasteiger charge is -2.12. The number of hydrogen-bond acceptors (Lipinski definition) is 8. The van der Waals surface area contributed by atoms with Gasteiger partial charge in [-0.1, -0.05) is 12.1 Å². The zero-order valence-corrected chi connectivity index (χ0v) is 19.4. The zero-order chi connectivity index (χ0) is 23.6. The predicted octanol–water partition coefficient (Wildman–Crippen LogP) is 2.50. The number of nitrogens with zero attached hydrogens (tertiary/aromatic N) is 2. The van der Waals surface area contributed by atoms with E-state index in [2.05, 4.69) is 25.3 Å². The van der Waals surface area contributed by atoms with Crippen molar-refractivity contribution in [1.29, 1.82) is 0 Å². The van der Waals surface area contributed by atoms with E-state index >= 15 is 0 Å². The molecule has 10 nitrogen and oxygen atoms in total. The number of hydrogen-bond donors (Lipinski definition) is 4. The van der Waals surface area contributed by atoms with E-state index in [1.165, 1.54) is 12.1 Å². The van der Waals surface area contributed by atoms with Crippen LogP contribution >= 0.6 is 0 Å². The Balaban J connectivity index is 1.46. The van der Waals surface area contributed by atoms with Crippen LogP contribution in [0.2, 0.25) is 0 Å². The zero-order valence-electron chi connectivity index (χ0n) is 17.8. The summed E-state index contributed by atoms with van der Waals surface area (Å²) in [7, 11) is -7.01. The number of nitrogens with one attached hydrogen (secondary N) is 3. The number of aryl methyl sites for hydroxylation is 1. The number of primary sulfonamides is 1. The van der Waals surface area contributed by atoms with Gasteiger partial charge in [0.25, 0.3) is 0 Å². The smallest absolute Gasteiger partial charge is 0.238 e. The standard InChI is InChI=1S/C21H24N6O4S2/c1-14-12-23-21(26-16-5-7-18(8-6-16)32(22,28)29)27-20(14)25-17-4-2-3-15(11-17)13-24-33(30,31)19-9-10-19/h2-8,11-12,19,24H,9-10,13H2,1H3,(H2,22,28,29)(H2,23,25,26,27). The molecule has 0 saturated heterocycles. The van der Waals surface area contributed by atoms with E-state index in [4.69, 9.17) is 5.14 Å². The lowest BCUT2D eigenvalue weighted by molar-refractivity contribution is 0.580. The molecule has 0 aliphatic heterocycles. The van der Waals surface area contributed by atoms with Gasteiger partial charge in [0.05, 0.1) is 10.1 Å². The van der Waals surface area contributed by atoms with Crippen LogP contribution in [0, 0.1) is 6.92 Å². The highest BCUT2D eigenvalue weighted by molar-refractivity contribution is 7.90. The van der Waals surface area contributed by atoms with Crippen LogP contribution in [0.15, 0.2) is 59.6 Å². The fourth-order valence-corrected chi connectivity index (χ4v) is 4.94. The molecule has 0 atom stereocenters. The van der Waals surface area contributed by atoms with Gasteiger partial charge in [0, 0.05) is 29.7 Å². The van der Waals surface area contributed by atoms with Gasteiger partial charge in [0.15, 0.2) is 0 Å². The summed E-state index contributed by atoms with van der Waals surface area (Å²) in [6.45, 7) is 2.08. The topological polar surface area (TPSA) is 156 Å². The molecule has 33 heavy (non-hydrogen) atoms. The second-order valence-corrected chi connectivity index (χ2v) is 11.4. The van der Waals surface area contributed by atoms with E-state index in [-0.39, 0.29) is 16.7 Å². The molecule has 1 fully saturated rings. The fourth-order valence-electron chi connectivity index (χ4n) is 3.06. The first-order chi connectivity index (χ1) is 15.6. The summed E-state index contributed by atoms with van der Waals surface area (Å²) >= 11 is 0. The Morgan fingerprint density at radius 3 is 2.39 bits per heavy atom. The molecule has 12 heteroatoms. The van der Waals surface area contributed by atoms with Crippen molar-refractivity contribution in [2.45, 2.75) is 36.5 Å². The molecule has 0 radical (unpaired) electrons. The Morgan fingerprint density at radius 1 is 1.00 bits per heavy atom. The van der Waals surface area contributed by atoms with Gasteiger partial charge in [-0.15, -0.1) is 0 Å². The average Bonchev–Trinajstić information content (AvgIpc) is 3.61. The van der Waals surface area contributed by atoms with Crippen LogP contribution in [0.1, 0.15) is 24.0 Å². The molecule has 0 spiro atoms. The summed E-state index contributed by atoms with van der Waals surface area (Å²) in [4.78, 5) is 8.77. The van der Waals surface area contributed by atoms with E-state index in [0.717, 1.165) is 29.7 Å². The van der Waals surface area contributed by atoms with Gasteiger partial charge in [-0.25, -0.2) is 31.7 Å². The molecule has 3 aromatic rings. The van der Waals surface area contributed by atoms with Gasteiger partial charge in [0.2, 0.25) is 26.0 Å². The molecule has 174 valence electrons. The molecule has 1 heterocycles. The minimum absolute atomic E-state index is 0.0135. The van der Waals surface area contributed by atoms with Crippen LogP contribution in [-0.4, -0.2) is 32.1 Å². The second-order valence-electron chi connectivity index (χ2n) is 7.81. The first-order valence-corrected chi connectivity index (χ1v) is 13.3. The number of sulfonamides is 2. The predicted molar refractivity (Wildman–Crippen MR) is 126 cm³/mol. The van der Waals surface area contributed by atoms with Gasteiger partial charge in [0.1, 0.15) is 5.82 Å². The second kappa shape index (κ2) is 9.06. The van der Waals surface area contributed by atoms with Crippen molar-refractivity contribution in [3.8, 4) is 0 Å². The number of rotatable bonds is 9. The summed E-state index contributed by atoms with van der Waals surface area (Å²) in [6.07, 6.45) is 3.09. The number of nitrogens with two attached hydrogens (primary N) is 1. The van der Waals surface area contributed by atoms with Crippen LogP contribution in [-0.2, 0) is 26.6 Å². The minimum atomic E-state index is -3.76. The number of benzene rings is 2. The summed E-state index contributed by atoms with van der Waals surface area (Å²) < 4.78 is 49.6. The molecule has 2 aromatic carbocycles. The SMILES string of the molecule is Cc1cnc(Nc2ccc(S(N)(=O)=O)cc2)nc1Nc1cccc(CNS(=O)(=O)C2CC2)c1. The number of aromatic nitrogens is 2. The molecular weight excluding hydrogens is 464 g/mol. The minimum Gasteiger partial charge on any atom is -0.340 e. The molecule has 5 N–H and O–H groups in total. The molecule has 1 aliphatic carbocycles. The average molecular weight is 489 g/mol. The van der Waals surface area contributed by atoms with E-state index in [0.29, 0.717) is 17.5 Å². The Morgan fingerprint density at radius 2 is 1.73 bits per heavy atom. The van der Waals surface area contributed by atoms with Crippen molar-refractivity contribution in [2.75, 3.05) is 10.6 Å². The first kappa shape index (κ1) is 23.1. The van der Waals surface area contributed by atoms with Crippen LogP contribution in [0.3, 0.4) is 0 Å². The van der Waals surface area contributed by atoms with Crippen LogP contribution < -0.4 is 20.5 Å². The lowest BCUT2D eigenvalue weighted by Crippen LogP contribution is -2.26. The van der Waals surface area contributed by atoms with Crippen molar-refractivity contribution in [2.24, 2.45) is 5.14 Å². The third-order valence-electron chi connectivity index (χ3n) is 5.04. The molecular formula is C21H24N6O4S2. The van der Waals surface area contributed by atoms with E-state index in [1.807, 2.05) is 31.2 Å². The van der Waals surface area contributed by atoms with Gasteiger partial charge < -0.3 is 10.6 Å². The highest BCUT2D eigenvalue weighted by Gasteiger charge is 2.35. The quantitative estimate of drug-likeness (QED) is 0.358. The van der Waals surface area contributed by atoms with E-state index in [9.17, 15) is 16.8 Å². The number of anilines is 4. The van der Waals surface area contributed by atoms with Crippen molar-refractivity contribution in [3.05, 3.63) is 65.9 Å². The van der Waals surface area contributed by atoms with Crippen LogP contribution in [0.25, 0.3) is 0 Å². The maximum atomic E-state index is 12.1. The summed E-state index contributed by atoms with van der Waals surface area (Å²) in [6, 6.07) is 13.3. The third-order valence-corrected chi connectivity index (χ3v) is 7.87. The van der Waals surface area contributed by atoms with Gasteiger partial charge >= 0.3 is 0 Å². The first-order valence-electron chi connectivity index (χ1n) is 10.2. The Labute approximate surface area is 192 Å². The summed E-state index contributed by atoms with van der Waals surface area (Å²) in [5, 5.41) is 11.1. The fraction of sp³-hybridized carbons (Fsp3) is 0.238. The largest absolute Gasteiger partial charge is 0.340 e. The molecule has 1 aromatic heterocycles. The van der Waals surface area contributed by atoms with Crippen molar-refractivity contribution >= 4 is 43.2 Å². The Kier molecular flexibility index (Phi) is 6.34. The Bertz CT molecular complexity index is 1370. The van der Waals surface area contributed by atoms with E-state index in [1.54, 1.807) is 18.3 Å². The lowest BCUT2D eigenvalue weighted by atomic mass is 10.2. The molecule has 0 bridgehead atoms. The molecule has 4 rings (SSSR count). The summed E-state index contributed by atoms with van der Waals surface area (Å²) in [5.41, 5.74) is 2.99. The van der Waals surface area contributed by atoms with Crippen molar-refractivity contribution in [1.82, 2.24) is 14.7 Å². The van der Waals surface area contributed by atoms with Crippen molar-refractivity contribution in [3.63, 3.8) is 0 Å². The highest BCUT2D eigenvalue weighted by Crippen LogP contribution is 2.28. The third kappa shape index (κ3) is 6.05. The highest BCUT2D eigenvalue weighted by atomic mass is 32.2. The van der Waals surface area contributed by atoms with Gasteiger partial charge in [-0.2, -0.15) is 4.98 Å². The maximum Gasteiger partial charge on any atom is 0.238 e. The van der Waals surface area contributed by atoms with Crippen LogP contribution in [0.4, 0.5) is 23.1 Å². The van der Waals surface area contributed by atoms with Gasteiger partial charge in [-0.05, 0) is 61.7 Å². The normalized spacial score (nSPS) is 14.1. The summed E-state index contributed by atoms with van der Waals surface area (Å²) in [5.74, 6) is 0.893. The molecule has 1 aliphatic rings. The monoisotopic (exact) mass is 488 g/mol. The van der Waals surface area contributed by atoms with Crippen LogP contribution in [0.5, 0.6) is 0 Å². The van der Waals surface area contributed by atoms with E-state index < -0.39 is 20.0 Å². The van der Waals surface area contributed by atoms with Gasteiger partial charge in [-0.3, -0.25) is 0 Å². The molecule has 1 saturated carbocycles. The molecule has 0 unspecified atom stereocenters. The molecule has 0 amide bonds. The Hall–Kier alpha value is -3.06.